The van der Waals surface area contributed by atoms with Gasteiger partial charge in [0.25, 0.3) is 0 Å². The maximum Gasteiger partial charge on any atom is 0.397 e. The van der Waals surface area contributed by atoms with Crippen LogP contribution in [0.1, 0.15) is 245 Å². The van der Waals surface area contributed by atoms with Crippen LogP contribution in [0.4, 0.5) is 0 Å². The van der Waals surface area contributed by atoms with Crippen molar-refractivity contribution >= 4 is 16.3 Å². The van der Waals surface area contributed by atoms with E-state index in [1.807, 2.05) is 0 Å². The van der Waals surface area contributed by atoms with E-state index in [-0.39, 0.29) is 18.9 Å². The quantitative estimate of drug-likeness (QED) is 0.0193. The Balaban J connectivity index is 2.41. The van der Waals surface area contributed by atoms with Gasteiger partial charge in [0.15, 0.2) is 6.29 Å². The summed E-state index contributed by atoms with van der Waals surface area (Å²) in [6.07, 6.45) is 37.8. The van der Waals surface area contributed by atoms with Crippen LogP contribution in [0, 0.1) is 0 Å². The number of carbonyl (C=O) groups is 1. The van der Waals surface area contributed by atoms with Gasteiger partial charge in [0.05, 0.1) is 25.4 Å². The molecular formula is C50H97NO11S. The smallest absolute Gasteiger partial charge is 0.394 e. The molecule has 1 rings (SSSR count). The molecule has 7 unspecified atom stereocenters. The fraction of sp³-hybridized carbons (Fsp3) is 0.940. The van der Waals surface area contributed by atoms with Crippen LogP contribution >= 0.6 is 0 Å². The van der Waals surface area contributed by atoms with Gasteiger partial charge < -0.3 is 35.2 Å². The molecule has 1 aliphatic heterocycles. The van der Waals surface area contributed by atoms with Crippen LogP contribution in [-0.4, -0.2) is 95.4 Å². The second kappa shape index (κ2) is 41.1. The van der Waals surface area contributed by atoms with Gasteiger partial charge in [-0.05, 0) is 38.5 Å². The molecule has 7 atom stereocenters. The summed E-state index contributed by atoms with van der Waals surface area (Å²) in [5.41, 5.74) is 0. The lowest BCUT2D eigenvalue weighted by Crippen LogP contribution is -2.61. The number of ether oxygens (including phenoxy) is 2. The molecule has 0 spiro atoms. The first-order valence-corrected chi connectivity index (χ1v) is 27.4. The summed E-state index contributed by atoms with van der Waals surface area (Å²) >= 11 is 0. The van der Waals surface area contributed by atoms with Crippen molar-refractivity contribution in [2.45, 2.75) is 288 Å². The zero-order valence-electron chi connectivity index (χ0n) is 40.2. The van der Waals surface area contributed by atoms with Gasteiger partial charge in [0, 0.05) is 6.42 Å². The lowest BCUT2D eigenvalue weighted by molar-refractivity contribution is -0.298. The lowest BCUT2D eigenvalue weighted by Gasteiger charge is -2.41. The molecule has 0 saturated carbocycles. The number of amides is 1. The Hall–Kier alpha value is -1.16. The molecule has 13 heteroatoms. The second-order valence-electron chi connectivity index (χ2n) is 18.5. The number of aliphatic hydroxyl groups is 4. The van der Waals surface area contributed by atoms with Crippen LogP contribution < -0.4 is 5.32 Å². The minimum Gasteiger partial charge on any atom is -0.394 e. The van der Waals surface area contributed by atoms with Crippen LogP contribution in [0.2, 0.25) is 0 Å². The fourth-order valence-corrected chi connectivity index (χ4v) is 9.02. The van der Waals surface area contributed by atoms with E-state index in [1.54, 1.807) is 0 Å². The maximum atomic E-state index is 13.1. The zero-order chi connectivity index (χ0) is 46.2. The number of allylic oxidation sites excluding steroid dienone is 2. The van der Waals surface area contributed by atoms with Crippen LogP contribution in [0.25, 0.3) is 0 Å². The predicted octanol–water partition coefficient (Wildman–Crippen LogP) is 11.1. The largest absolute Gasteiger partial charge is 0.397 e. The number of hydrogen-bond acceptors (Lipinski definition) is 10. The van der Waals surface area contributed by atoms with Crippen molar-refractivity contribution < 1.29 is 51.8 Å². The molecule has 0 radical (unpaired) electrons. The molecule has 12 nitrogen and oxygen atoms in total. The summed E-state index contributed by atoms with van der Waals surface area (Å²) in [4.78, 5) is 13.1. The molecule has 1 heterocycles. The number of rotatable bonds is 45. The highest BCUT2D eigenvalue weighted by atomic mass is 32.3. The second-order valence-corrected chi connectivity index (χ2v) is 19.5. The van der Waals surface area contributed by atoms with Crippen LogP contribution in [0.5, 0.6) is 0 Å². The van der Waals surface area contributed by atoms with Crippen molar-refractivity contribution in [1.82, 2.24) is 5.32 Å². The van der Waals surface area contributed by atoms with Crippen LogP contribution in [0.15, 0.2) is 12.2 Å². The Morgan fingerprint density at radius 3 is 1.43 bits per heavy atom. The summed E-state index contributed by atoms with van der Waals surface area (Å²) in [5, 5.41) is 45.0. The SMILES string of the molecule is CCCCCCCCCCCC/C=C\CCCCCCCCCC(=O)NC(COC1OC(CO)C(O)C(OS(=O)(=O)O)C1O)C(O)CCCCCCCCCCCCCCCCC. The minimum atomic E-state index is -5.08. The van der Waals surface area contributed by atoms with Crippen molar-refractivity contribution in [3.05, 3.63) is 12.2 Å². The first-order chi connectivity index (χ1) is 30.5. The molecule has 6 N–H and O–H groups in total. The van der Waals surface area contributed by atoms with E-state index < -0.39 is 59.9 Å². The fourth-order valence-electron chi connectivity index (χ4n) is 8.51. The molecular weight excluding hydrogens is 823 g/mol. The van der Waals surface area contributed by atoms with Gasteiger partial charge in [-0.25, -0.2) is 4.18 Å². The molecule has 0 aromatic carbocycles. The summed E-state index contributed by atoms with van der Waals surface area (Å²) in [6.45, 7) is 3.47. The summed E-state index contributed by atoms with van der Waals surface area (Å²) < 4.78 is 47.8. The molecule has 63 heavy (non-hydrogen) atoms. The minimum absolute atomic E-state index is 0.231. The average molecular weight is 920 g/mol. The van der Waals surface area contributed by atoms with Gasteiger partial charge in [0.1, 0.15) is 24.4 Å². The number of hydrogen-bond donors (Lipinski definition) is 6. The van der Waals surface area contributed by atoms with E-state index >= 15 is 0 Å². The van der Waals surface area contributed by atoms with E-state index in [9.17, 15) is 38.2 Å². The summed E-state index contributed by atoms with van der Waals surface area (Å²) in [7, 11) is -5.08. The van der Waals surface area contributed by atoms with E-state index in [4.69, 9.17) is 9.47 Å². The van der Waals surface area contributed by atoms with E-state index in [0.29, 0.717) is 12.8 Å². The summed E-state index contributed by atoms with van der Waals surface area (Å²) in [6, 6.07) is -0.857. The Morgan fingerprint density at radius 1 is 0.619 bits per heavy atom. The standard InChI is InChI=1S/C50H97NO11S/c1-3-5-7-9-11-13-15-17-19-20-21-22-23-24-26-28-30-32-34-36-38-40-46(54)51-43(42-60-50-48(56)49(62-63(57,58)59)47(55)45(41-52)61-50)44(53)39-37-35-33-31-29-27-25-18-16-14-12-10-8-6-4-2/h22-23,43-45,47-50,52-53,55-56H,3-21,24-42H2,1-2H3,(H,51,54)(H,57,58,59)/b23-22-. The first-order valence-electron chi connectivity index (χ1n) is 26.1. The Kier molecular flexibility index (Phi) is 39.0. The molecule has 0 aromatic heterocycles. The van der Waals surface area contributed by atoms with Gasteiger partial charge in [-0.3, -0.25) is 9.35 Å². The third-order valence-electron chi connectivity index (χ3n) is 12.6. The topological polar surface area (TPSA) is 192 Å². The monoisotopic (exact) mass is 920 g/mol. The van der Waals surface area contributed by atoms with Crippen molar-refractivity contribution in [1.29, 1.82) is 0 Å². The third-order valence-corrected chi connectivity index (χ3v) is 13.0. The number of aliphatic hydroxyl groups excluding tert-OH is 4. The molecule has 1 fully saturated rings. The number of unbranched alkanes of at least 4 members (excludes halogenated alkanes) is 31. The molecule has 0 aromatic rings. The van der Waals surface area contributed by atoms with E-state index in [1.165, 1.54) is 161 Å². The summed E-state index contributed by atoms with van der Waals surface area (Å²) in [5.74, 6) is -0.231. The zero-order valence-corrected chi connectivity index (χ0v) is 41.0. The number of nitrogens with one attached hydrogen (secondary N) is 1. The van der Waals surface area contributed by atoms with Gasteiger partial charge in [-0.2, -0.15) is 8.42 Å². The molecule has 1 aliphatic rings. The Labute approximate surface area is 385 Å². The van der Waals surface area contributed by atoms with Crippen molar-refractivity contribution in [2.24, 2.45) is 0 Å². The van der Waals surface area contributed by atoms with Crippen LogP contribution in [0.3, 0.4) is 0 Å². The van der Waals surface area contributed by atoms with Gasteiger partial charge in [-0.15, -0.1) is 0 Å². The molecule has 374 valence electrons. The van der Waals surface area contributed by atoms with E-state index in [2.05, 4.69) is 35.5 Å². The normalized spacial score (nSPS) is 20.4. The third kappa shape index (κ3) is 33.9. The Bertz CT molecular complexity index is 1180. The van der Waals surface area contributed by atoms with Gasteiger partial charge >= 0.3 is 10.4 Å². The first kappa shape index (κ1) is 59.9. The van der Waals surface area contributed by atoms with Crippen molar-refractivity contribution in [3.63, 3.8) is 0 Å². The maximum absolute atomic E-state index is 13.1. The molecule has 1 saturated heterocycles. The predicted molar refractivity (Wildman–Crippen MR) is 255 cm³/mol. The van der Waals surface area contributed by atoms with Crippen molar-refractivity contribution in [2.75, 3.05) is 13.2 Å². The highest BCUT2D eigenvalue weighted by Crippen LogP contribution is 2.26. The van der Waals surface area contributed by atoms with Crippen LogP contribution in [-0.2, 0) is 28.9 Å². The highest BCUT2D eigenvalue weighted by molar-refractivity contribution is 7.80. The lowest BCUT2D eigenvalue weighted by atomic mass is 9.99. The highest BCUT2D eigenvalue weighted by Gasteiger charge is 2.48. The van der Waals surface area contributed by atoms with E-state index in [0.717, 1.165) is 51.4 Å². The van der Waals surface area contributed by atoms with Crippen molar-refractivity contribution in [3.8, 4) is 0 Å². The Morgan fingerprint density at radius 2 is 1.02 bits per heavy atom. The molecule has 0 aliphatic carbocycles. The van der Waals surface area contributed by atoms with Gasteiger partial charge in [-0.1, -0.05) is 212 Å². The average Bonchev–Trinajstić information content (AvgIpc) is 3.25. The molecule has 1 amide bonds. The van der Waals surface area contributed by atoms with Gasteiger partial charge in [0.2, 0.25) is 5.91 Å². The molecule has 0 bridgehead atoms. The number of carbonyl (C=O) groups excluding carboxylic acids is 1.